The molecule has 0 unspecified atom stereocenters. The highest BCUT2D eigenvalue weighted by Gasteiger charge is 2.36. The Morgan fingerprint density at radius 2 is 1.18 bits per heavy atom. The zero-order chi connectivity index (χ0) is 7.84. The molecule has 0 spiro atoms. The van der Waals surface area contributed by atoms with Crippen molar-refractivity contribution in [3.8, 4) is 0 Å². The number of hydrogen-bond donors (Lipinski definition) is 2. The van der Waals surface area contributed by atoms with Crippen LogP contribution in [-0.2, 0) is 0 Å². The molecule has 2 aliphatic rings. The van der Waals surface area contributed by atoms with Crippen LogP contribution in [0.15, 0.2) is 0 Å². The lowest BCUT2D eigenvalue weighted by molar-refractivity contribution is -0.0381. The Bertz CT molecular complexity index is 130. The van der Waals surface area contributed by atoms with E-state index in [0.29, 0.717) is 11.8 Å². The molecule has 0 saturated heterocycles. The van der Waals surface area contributed by atoms with E-state index in [-0.39, 0.29) is 12.2 Å². The predicted octanol–water partition coefficient (Wildman–Crippen LogP) is 0.918. The molecule has 2 nitrogen and oxygen atoms in total. The van der Waals surface area contributed by atoms with Gasteiger partial charge in [-0.1, -0.05) is 0 Å². The fourth-order valence-corrected chi connectivity index (χ4v) is 2.56. The predicted molar refractivity (Wildman–Crippen MR) is 42.1 cm³/mol. The quantitative estimate of drug-likeness (QED) is 0.547. The number of rotatable bonds is 0. The molecule has 64 valence electrons. The molecule has 4 atom stereocenters. The maximum absolute atomic E-state index is 9.53. The van der Waals surface area contributed by atoms with E-state index >= 15 is 0 Å². The highest BCUT2D eigenvalue weighted by molar-refractivity contribution is 4.88. The lowest BCUT2D eigenvalue weighted by Gasteiger charge is -2.40. The van der Waals surface area contributed by atoms with Crippen molar-refractivity contribution in [3.63, 3.8) is 0 Å². The summed E-state index contributed by atoms with van der Waals surface area (Å²) in [6.45, 7) is 0. The SMILES string of the molecule is O[C@@H]1CC[C@H]2C[C@@H]1CC[C@H]2O. The summed E-state index contributed by atoms with van der Waals surface area (Å²) in [5.74, 6) is 0.995. The van der Waals surface area contributed by atoms with Crippen LogP contribution >= 0.6 is 0 Å². The van der Waals surface area contributed by atoms with Crippen LogP contribution in [0.3, 0.4) is 0 Å². The van der Waals surface area contributed by atoms with E-state index in [1.54, 1.807) is 0 Å². The number of fused-ring (bicyclic) bond motifs is 2. The second-order valence-electron chi connectivity index (χ2n) is 4.05. The number of aliphatic hydroxyl groups excluding tert-OH is 2. The molecule has 0 aliphatic heterocycles. The summed E-state index contributed by atoms with van der Waals surface area (Å²) in [6, 6.07) is 0. The van der Waals surface area contributed by atoms with Crippen LogP contribution in [0.25, 0.3) is 0 Å². The molecule has 2 heteroatoms. The molecular weight excluding hydrogens is 140 g/mol. The topological polar surface area (TPSA) is 40.5 Å². The zero-order valence-electron chi connectivity index (χ0n) is 6.74. The summed E-state index contributed by atoms with van der Waals surface area (Å²) in [5, 5.41) is 19.1. The summed E-state index contributed by atoms with van der Waals surface area (Å²) in [5.41, 5.74) is 0. The largest absolute Gasteiger partial charge is 0.393 e. The average molecular weight is 156 g/mol. The molecule has 2 rings (SSSR count). The van der Waals surface area contributed by atoms with Gasteiger partial charge in [-0.25, -0.2) is 0 Å². The third-order valence-electron chi connectivity index (χ3n) is 3.36. The Kier molecular flexibility index (Phi) is 1.90. The molecule has 2 N–H and O–H groups in total. The summed E-state index contributed by atoms with van der Waals surface area (Å²) < 4.78 is 0. The van der Waals surface area contributed by atoms with Crippen molar-refractivity contribution in [1.29, 1.82) is 0 Å². The normalized spacial score (nSPS) is 50.7. The van der Waals surface area contributed by atoms with Gasteiger partial charge in [0.1, 0.15) is 0 Å². The average Bonchev–Trinajstić information content (AvgIpc) is 2.02. The minimum Gasteiger partial charge on any atom is -0.393 e. The molecular formula is C9H16O2. The van der Waals surface area contributed by atoms with Crippen molar-refractivity contribution in [2.75, 3.05) is 0 Å². The minimum absolute atomic E-state index is 0.0706. The van der Waals surface area contributed by atoms with Gasteiger partial charge in [0.25, 0.3) is 0 Å². The first kappa shape index (κ1) is 7.56. The Morgan fingerprint density at radius 1 is 0.727 bits per heavy atom. The van der Waals surface area contributed by atoms with E-state index in [4.69, 9.17) is 0 Å². The number of aliphatic hydroxyl groups is 2. The van der Waals surface area contributed by atoms with Gasteiger partial charge >= 0.3 is 0 Å². The second-order valence-corrected chi connectivity index (χ2v) is 4.05. The molecule has 11 heavy (non-hydrogen) atoms. The molecule has 0 aromatic heterocycles. The van der Waals surface area contributed by atoms with Gasteiger partial charge in [0.15, 0.2) is 0 Å². The Hall–Kier alpha value is -0.0800. The van der Waals surface area contributed by atoms with E-state index in [1.165, 1.54) is 0 Å². The van der Waals surface area contributed by atoms with Gasteiger partial charge in [-0.2, -0.15) is 0 Å². The molecule has 2 bridgehead atoms. The lowest BCUT2D eigenvalue weighted by atomic mass is 9.69. The van der Waals surface area contributed by atoms with Crippen molar-refractivity contribution >= 4 is 0 Å². The van der Waals surface area contributed by atoms with E-state index in [1.807, 2.05) is 0 Å². The molecule has 0 aromatic carbocycles. The molecule has 0 amide bonds. The monoisotopic (exact) mass is 156 g/mol. The Labute approximate surface area is 67.2 Å². The lowest BCUT2D eigenvalue weighted by Crippen LogP contribution is -2.39. The van der Waals surface area contributed by atoms with Crippen LogP contribution in [0, 0.1) is 11.8 Å². The molecule has 2 fully saturated rings. The summed E-state index contributed by atoms with van der Waals surface area (Å²) in [7, 11) is 0. The van der Waals surface area contributed by atoms with Crippen LogP contribution in [0.1, 0.15) is 32.1 Å². The van der Waals surface area contributed by atoms with Gasteiger partial charge < -0.3 is 10.2 Å². The van der Waals surface area contributed by atoms with Crippen LogP contribution in [0.2, 0.25) is 0 Å². The molecule has 0 aromatic rings. The van der Waals surface area contributed by atoms with Gasteiger partial charge in [0.05, 0.1) is 12.2 Å². The van der Waals surface area contributed by atoms with Gasteiger partial charge in [-0.05, 0) is 43.9 Å². The van der Waals surface area contributed by atoms with Gasteiger partial charge in [-0.15, -0.1) is 0 Å². The highest BCUT2D eigenvalue weighted by Crippen LogP contribution is 2.39. The third-order valence-corrected chi connectivity index (χ3v) is 3.36. The van der Waals surface area contributed by atoms with Crippen molar-refractivity contribution in [2.24, 2.45) is 11.8 Å². The number of hydrogen-bond acceptors (Lipinski definition) is 2. The van der Waals surface area contributed by atoms with Crippen molar-refractivity contribution in [2.45, 2.75) is 44.3 Å². The van der Waals surface area contributed by atoms with Gasteiger partial charge in [-0.3, -0.25) is 0 Å². The van der Waals surface area contributed by atoms with Crippen LogP contribution in [0.5, 0.6) is 0 Å². The molecule has 2 saturated carbocycles. The minimum atomic E-state index is -0.0706. The maximum Gasteiger partial charge on any atom is 0.0568 e. The Morgan fingerprint density at radius 3 is 1.64 bits per heavy atom. The zero-order valence-corrected chi connectivity index (χ0v) is 6.74. The fraction of sp³-hybridized carbons (Fsp3) is 1.00. The first-order chi connectivity index (χ1) is 5.27. The van der Waals surface area contributed by atoms with Crippen molar-refractivity contribution < 1.29 is 10.2 Å². The maximum atomic E-state index is 9.53. The van der Waals surface area contributed by atoms with Crippen molar-refractivity contribution in [1.82, 2.24) is 0 Å². The van der Waals surface area contributed by atoms with Crippen LogP contribution in [0.4, 0.5) is 0 Å². The fourth-order valence-electron chi connectivity index (χ4n) is 2.56. The van der Waals surface area contributed by atoms with E-state index < -0.39 is 0 Å². The molecule has 0 radical (unpaired) electrons. The van der Waals surface area contributed by atoms with Gasteiger partial charge in [0.2, 0.25) is 0 Å². The second kappa shape index (κ2) is 2.76. The van der Waals surface area contributed by atoms with Gasteiger partial charge in [0, 0.05) is 0 Å². The first-order valence-corrected chi connectivity index (χ1v) is 4.63. The summed E-state index contributed by atoms with van der Waals surface area (Å²) >= 11 is 0. The van der Waals surface area contributed by atoms with Crippen LogP contribution < -0.4 is 0 Å². The highest BCUT2D eigenvalue weighted by atomic mass is 16.3. The Balaban J connectivity index is 2.02. The first-order valence-electron chi connectivity index (χ1n) is 4.63. The summed E-state index contributed by atoms with van der Waals surface area (Å²) in [6.07, 6.45) is 4.79. The van der Waals surface area contributed by atoms with E-state index in [9.17, 15) is 10.2 Å². The third kappa shape index (κ3) is 1.30. The molecule has 2 aliphatic carbocycles. The summed E-state index contributed by atoms with van der Waals surface area (Å²) in [4.78, 5) is 0. The van der Waals surface area contributed by atoms with E-state index in [2.05, 4.69) is 0 Å². The standard InChI is InChI=1S/C9H16O2/c10-8-3-1-6-5-7(8)2-4-9(6)11/h6-11H,1-5H2/t6-,7-,8+,9+/m0/s1. The smallest absolute Gasteiger partial charge is 0.0568 e. The van der Waals surface area contributed by atoms with Crippen molar-refractivity contribution in [3.05, 3.63) is 0 Å². The van der Waals surface area contributed by atoms with E-state index in [0.717, 1.165) is 32.1 Å². The van der Waals surface area contributed by atoms with Crippen LogP contribution in [-0.4, -0.2) is 22.4 Å². The molecule has 0 heterocycles.